The van der Waals surface area contributed by atoms with Crippen LogP contribution in [0, 0.1) is 6.92 Å². The highest BCUT2D eigenvalue weighted by Crippen LogP contribution is 2.15. The van der Waals surface area contributed by atoms with Gasteiger partial charge < -0.3 is 14.7 Å². The molecule has 0 heterocycles. The zero-order valence-electron chi connectivity index (χ0n) is 12.3. The second-order valence-electron chi connectivity index (χ2n) is 5.23. The Balaban J connectivity index is 2.47. The molecule has 0 atom stereocenters. The molecule has 0 aliphatic rings. The number of carboxylic acids is 1. The number of nitrogens with zero attached hydrogens (tertiary/aromatic N) is 1. The second-order valence-corrected chi connectivity index (χ2v) is 5.23. The summed E-state index contributed by atoms with van der Waals surface area (Å²) in [7, 11) is 1.49. The van der Waals surface area contributed by atoms with Gasteiger partial charge in [-0.25, -0.2) is 4.79 Å². The fourth-order valence-corrected chi connectivity index (χ4v) is 1.51. The molecule has 1 aromatic carbocycles. The number of carboxylic acid groups (broad SMARTS) is 1. The van der Waals surface area contributed by atoms with Gasteiger partial charge in [0.15, 0.2) is 0 Å². The smallest absolute Gasteiger partial charge is 0.329 e. The number of aliphatic carboxylic acids is 1. The number of ether oxygens (including phenoxy) is 1. The number of aryl methyl sites for hydroxylation is 1. The summed E-state index contributed by atoms with van der Waals surface area (Å²) in [6.45, 7) is 5.19. The number of benzene rings is 1. The third-order valence-corrected chi connectivity index (χ3v) is 3.34. The minimum atomic E-state index is -1.22. The molecule has 0 unspecified atom stereocenters. The predicted molar refractivity (Wildman–Crippen MR) is 75.8 cm³/mol. The van der Waals surface area contributed by atoms with Crippen molar-refractivity contribution in [3.05, 3.63) is 29.8 Å². The van der Waals surface area contributed by atoms with E-state index in [4.69, 9.17) is 9.84 Å². The third-order valence-electron chi connectivity index (χ3n) is 3.34. The molecule has 0 aliphatic carbocycles. The van der Waals surface area contributed by atoms with E-state index in [0.717, 1.165) is 5.56 Å². The summed E-state index contributed by atoms with van der Waals surface area (Å²) >= 11 is 0. The number of hydrogen-bond donors (Lipinski definition) is 1. The number of hydrogen-bond acceptors (Lipinski definition) is 3. The molecule has 0 fully saturated rings. The largest absolute Gasteiger partial charge is 0.493 e. The second kappa shape index (κ2) is 6.41. The Morgan fingerprint density at radius 3 is 2.30 bits per heavy atom. The Labute approximate surface area is 119 Å². The minimum absolute atomic E-state index is 0.140. The molecule has 1 rings (SSSR count). The van der Waals surface area contributed by atoms with E-state index in [0.29, 0.717) is 5.75 Å². The van der Waals surface area contributed by atoms with Gasteiger partial charge in [0.25, 0.3) is 0 Å². The average Bonchev–Trinajstić information content (AvgIpc) is 2.39. The SMILES string of the molecule is Cc1ccc(OCCC(=O)N(C)C(C)(C)C(=O)O)cc1. The van der Waals surface area contributed by atoms with Gasteiger partial charge in [0.2, 0.25) is 5.91 Å². The van der Waals surface area contributed by atoms with Crippen LogP contribution in [0.5, 0.6) is 5.75 Å². The lowest BCUT2D eigenvalue weighted by Gasteiger charge is -2.31. The van der Waals surface area contributed by atoms with Crippen molar-refractivity contribution < 1.29 is 19.4 Å². The minimum Gasteiger partial charge on any atom is -0.493 e. The van der Waals surface area contributed by atoms with Crippen LogP contribution in [0.1, 0.15) is 25.8 Å². The Hall–Kier alpha value is -2.04. The molecule has 0 radical (unpaired) electrons. The van der Waals surface area contributed by atoms with Crippen LogP contribution >= 0.6 is 0 Å². The van der Waals surface area contributed by atoms with Crippen LogP contribution in [0.25, 0.3) is 0 Å². The van der Waals surface area contributed by atoms with E-state index in [-0.39, 0.29) is 18.9 Å². The molecule has 110 valence electrons. The third kappa shape index (κ3) is 3.98. The zero-order chi connectivity index (χ0) is 15.3. The molecule has 0 saturated carbocycles. The lowest BCUT2D eigenvalue weighted by Crippen LogP contribution is -2.51. The lowest BCUT2D eigenvalue weighted by molar-refractivity contribution is -0.155. The van der Waals surface area contributed by atoms with Gasteiger partial charge in [-0.3, -0.25) is 4.79 Å². The summed E-state index contributed by atoms with van der Waals surface area (Å²) in [4.78, 5) is 24.2. The van der Waals surface area contributed by atoms with Crippen LogP contribution in [0.2, 0.25) is 0 Å². The molecule has 1 amide bonds. The summed E-state index contributed by atoms with van der Waals surface area (Å²) in [6, 6.07) is 7.53. The van der Waals surface area contributed by atoms with Crippen LogP contribution in [0.4, 0.5) is 0 Å². The molecular weight excluding hydrogens is 258 g/mol. The molecule has 20 heavy (non-hydrogen) atoms. The fraction of sp³-hybridized carbons (Fsp3) is 0.467. The predicted octanol–water partition coefficient (Wildman–Crippen LogP) is 2.09. The molecule has 0 aromatic heterocycles. The Morgan fingerprint density at radius 1 is 1.25 bits per heavy atom. The first kappa shape index (κ1) is 16.0. The van der Waals surface area contributed by atoms with Crippen molar-refractivity contribution in [1.29, 1.82) is 0 Å². The molecular formula is C15H21NO4. The van der Waals surface area contributed by atoms with Crippen molar-refractivity contribution in [3.8, 4) is 5.75 Å². The Kier molecular flexibility index (Phi) is 5.13. The molecule has 0 saturated heterocycles. The lowest BCUT2D eigenvalue weighted by atomic mass is 10.0. The summed E-state index contributed by atoms with van der Waals surface area (Å²) < 4.78 is 5.46. The average molecular weight is 279 g/mol. The van der Waals surface area contributed by atoms with E-state index in [9.17, 15) is 9.59 Å². The van der Waals surface area contributed by atoms with Crippen LogP contribution in [0.3, 0.4) is 0 Å². The van der Waals surface area contributed by atoms with Gasteiger partial charge in [-0.15, -0.1) is 0 Å². The maximum atomic E-state index is 11.9. The number of rotatable bonds is 6. The maximum Gasteiger partial charge on any atom is 0.329 e. The number of carbonyl (C=O) groups is 2. The summed E-state index contributed by atoms with van der Waals surface area (Å²) in [5.74, 6) is -0.596. The van der Waals surface area contributed by atoms with Crippen molar-refractivity contribution in [3.63, 3.8) is 0 Å². The van der Waals surface area contributed by atoms with E-state index in [1.807, 2.05) is 31.2 Å². The quantitative estimate of drug-likeness (QED) is 0.865. The molecule has 1 aromatic rings. The molecule has 5 heteroatoms. The highest BCUT2D eigenvalue weighted by atomic mass is 16.5. The van der Waals surface area contributed by atoms with Crippen LogP contribution < -0.4 is 4.74 Å². The monoisotopic (exact) mass is 279 g/mol. The van der Waals surface area contributed by atoms with Crippen LogP contribution in [-0.4, -0.2) is 41.1 Å². The molecule has 0 spiro atoms. The summed E-state index contributed by atoms with van der Waals surface area (Å²) in [5.41, 5.74) is -0.0858. The molecule has 5 nitrogen and oxygen atoms in total. The van der Waals surface area contributed by atoms with Gasteiger partial charge in [0, 0.05) is 7.05 Å². The highest BCUT2D eigenvalue weighted by molar-refractivity contribution is 5.86. The molecule has 0 bridgehead atoms. The fourth-order valence-electron chi connectivity index (χ4n) is 1.51. The first-order valence-corrected chi connectivity index (χ1v) is 6.44. The van der Waals surface area contributed by atoms with Crippen molar-refractivity contribution in [1.82, 2.24) is 4.90 Å². The van der Waals surface area contributed by atoms with E-state index < -0.39 is 11.5 Å². The van der Waals surface area contributed by atoms with Gasteiger partial charge in [-0.2, -0.15) is 0 Å². The van der Waals surface area contributed by atoms with E-state index in [1.165, 1.54) is 25.8 Å². The first-order valence-electron chi connectivity index (χ1n) is 6.44. The van der Waals surface area contributed by atoms with E-state index in [2.05, 4.69) is 0 Å². The standard InChI is InChI=1S/C15H21NO4/c1-11-5-7-12(8-6-11)20-10-9-13(17)16(4)15(2,3)14(18)19/h5-8H,9-10H2,1-4H3,(H,18,19). The van der Waals surface area contributed by atoms with Gasteiger partial charge in [-0.1, -0.05) is 17.7 Å². The molecule has 0 aliphatic heterocycles. The summed E-state index contributed by atoms with van der Waals surface area (Å²) in [6.07, 6.45) is 0.140. The van der Waals surface area contributed by atoms with Gasteiger partial charge in [-0.05, 0) is 32.9 Å². The van der Waals surface area contributed by atoms with Crippen molar-refractivity contribution in [2.75, 3.05) is 13.7 Å². The first-order chi connectivity index (χ1) is 9.25. The van der Waals surface area contributed by atoms with E-state index >= 15 is 0 Å². The highest BCUT2D eigenvalue weighted by Gasteiger charge is 2.34. The maximum absolute atomic E-state index is 11.9. The van der Waals surface area contributed by atoms with Crippen LogP contribution in [0.15, 0.2) is 24.3 Å². The number of likely N-dealkylation sites (N-methyl/N-ethyl adjacent to an activating group) is 1. The van der Waals surface area contributed by atoms with Gasteiger partial charge >= 0.3 is 5.97 Å². The Morgan fingerprint density at radius 2 is 1.80 bits per heavy atom. The van der Waals surface area contributed by atoms with Crippen molar-refractivity contribution in [2.24, 2.45) is 0 Å². The van der Waals surface area contributed by atoms with Crippen molar-refractivity contribution in [2.45, 2.75) is 32.7 Å². The van der Waals surface area contributed by atoms with Gasteiger partial charge in [0.05, 0.1) is 13.0 Å². The zero-order valence-corrected chi connectivity index (χ0v) is 12.3. The number of amides is 1. The topological polar surface area (TPSA) is 66.8 Å². The van der Waals surface area contributed by atoms with E-state index in [1.54, 1.807) is 0 Å². The molecule has 1 N–H and O–H groups in total. The van der Waals surface area contributed by atoms with Gasteiger partial charge in [0.1, 0.15) is 11.3 Å². The number of carbonyl (C=O) groups excluding carboxylic acids is 1. The van der Waals surface area contributed by atoms with Crippen molar-refractivity contribution >= 4 is 11.9 Å². The normalized spacial score (nSPS) is 11.0. The summed E-state index contributed by atoms with van der Waals surface area (Å²) in [5, 5.41) is 9.06. The van der Waals surface area contributed by atoms with Crippen LogP contribution in [-0.2, 0) is 9.59 Å². The Bertz CT molecular complexity index is 479.